The summed E-state index contributed by atoms with van der Waals surface area (Å²) in [7, 11) is 0. The summed E-state index contributed by atoms with van der Waals surface area (Å²) in [5, 5.41) is 0. The van der Waals surface area contributed by atoms with Crippen LogP contribution in [0.4, 0.5) is 4.39 Å². The van der Waals surface area contributed by atoms with Crippen molar-refractivity contribution in [2.24, 2.45) is 0 Å². The molecule has 0 N–H and O–H groups in total. The summed E-state index contributed by atoms with van der Waals surface area (Å²) in [5.41, 5.74) is 2.10. The first-order valence-electron chi connectivity index (χ1n) is 3.66. The van der Waals surface area contributed by atoms with E-state index in [1.165, 1.54) is 0 Å². The van der Waals surface area contributed by atoms with Gasteiger partial charge >= 0.3 is 0 Å². The molecule has 0 nitrogen and oxygen atoms in total. The van der Waals surface area contributed by atoms with Gasteiger partial charge in [-0.2, -0.15) is 0 Å². The van der Waals surface area contributed by atoms with Crippen LogP contribution in [0.15, 0.2) is 24.3 Å². The van der Waals surface area contributed by atoms with Crippen molar-refractivity contribution in [3.05, 3.63) is 41.5 Å². The van der Waals surface area contributed by atoms with E-state index in [-0.39, 0.29) is 12.6 Å². The molecule has 1 atom stereocenters. The van der Waals surface area contributed by atoms with Crippen LogP contribution < -0.4 is 0 Å². The first-order valence-corrected chi connectivity index (χ1v) is 3.66. The van der Waals surface area contributed by atoms with Gasteiger partial charge in [0.05, 0.1) is 6.67 Å². The molecule has 0 saturated heterocycles. The molecule has 0 aliphatic heterocycles. The average molecular weight is 147 g/mol. The molecule has 0 spiro atoms. The van der Waals surface area contributed by atoms with E-state index in [4.69, 9.17) is 0 Å². The molecule has 0 saturated carbocycles. The van der Waals surface area contributed by atoms with Crippen LogP contribution in [0.25, 0.3) is 6.08 Å². The predicted octanol–water partition coefficient (Wildman–Crippen LogP) is 2.57. The van der Waals surface area contributed by atoms with Crippen molar-refractivity contribution >= 4 is 6.08 Å². The lowest BCUT2D eigenvalue weighted by Gasteiger charge is -2.03. The highest BCUT2D eigenvalue weighted by Gasteiger charge is 2.15. The number of hydrogen-bond acceptors (Lipinski definition) is 0. The predicted molar refractivity (Wildman–Crippen MR) is 43.0 cm³/mol. The van der Waals surface area contributed by atoms with E-state index in [2.05, 4.69) is 6.07 Å². The fourth-order valence-corrected chi connectivity index (χ4v) is 1.38. The molecule has 0 amide bonds. The lowest BCUT2D eigenvalue weighted by atomic mass is 10.0. The smallest absolute Gasteiger partial charge is 0.0997 e. The maximum Gasteiger partial charge on any atom is 0.0997 e. The first kappa shape index (κ1) is 6.59. The number of hydrogen-bond donors (Lipinski definition) is 0. The van der Waals surface area contributed by atoms with E-state index >= 15 is 0 Å². The lowest BCUT2D eigenvalue weighted by molar-refractivity contribution is 0.469. The zero-order valence-corrected chi connectivity index (χ0v) is 6.05. The molecular weight excluding hydrogens is 139 g/mol. The van der Waals surface area contributed by atoms with Crippen molar-refractivity contribution in [2.75, 3.05) is 6.67 Å². The fraction of sp³-hybridized carbons (Fsp3) is 0.200. The average Bonchev–Trinajstić information content (AvgIpc) is 2.47. The van der Waals surface area contributed by atoms with Crippen molar-refractivity contribution < 1.29 is 4.39 Å². The van der Waals surface area contributed by atoms with Crippen molar-refractivity contribution in [1.82, 2.24) is 0 Å². The summed E-state index contributed by atoms with van der Waals surface area (Å²) >= 11 is 0. The highest BCUT2D eigenvalue weighted by Crippen LogP contribution is 2.29. The highest BCUT2D eigenvalue weighted by atomic mass is 19.1. The maximum atomic E-state index is 12.3. The standard InChI is InChI=1S/C10H8F/c11-7-9-6-5-8-3-1-2-4-10(8)9/h1-2,4-6,9H,7H2. The molecule has 1 radical (unpaired) electrons. The van der Waals surface area contributed by atoms with Crippen LogP contribution in [0.1, 0.15) is 17.0 Å². The second-order valence-corrected chi connectivity index (χ2v) is 2.66. The molecule has 55 valence electrons. The Balaban J connectivity index is 2.46. The minimum absolute atomic E-state index is 0.0255. The number of rotatable bonds is 1. The largest absolute Gasteiger partial charge is 0.250 e. The molecule has 1 aromatic rings. The third-order valence-electron chi connectivity index (χ3n) is 1.98. The minimum atomic E-state index is -0.304. The highest BCUT2D eigenvalue weighted by molar-refractivity contribution is 5.61. The third-order valence-corrected chi connectivity index (χ3v) is 1.98. The number of alkyl halides is 1. The Bertz CT molecular complexity index is 289. The Kier molecular flexibility index (Phi) is 1.50. The van der Waals surface area contributed by atoms with E-state index in [9.17, 15) is 4.39 Å². The summed E-state index contributed by atoms with van der Waals surface area (Å²) in [6, 6.07) is 8.76. The van der Waals surface area contributed by atoms with Crippen LogP contribution in [-0.4, -0.2) is 6.67 Å². The van der Waals surface area contributed by atoms with Gasteiger partial charge in [-0.3, -0.25) is 4.39 Å². The van der Waals surface area contributed by atoms with Crippen LogP contribution in [0.5, 0.6) is 0 Å². The zero-order valence-electron chi connectivity index (χ0n) is 6.05. The normalized spacial score (nSPS) is 20.3. The number of halogens is 1. The van der Waals surface area contributed by atoms with Crippen LogP contribution in [0.3, 0.4) is 0 Å². The Morgan fingerprint density at radius 3 is 3.27 bits per heavy atom. The first-order chi connectivity index (χ1) is 5.42. The van der Waals surface area contributed by atoms with Gasteiger partial charge in [0, 0.05) is 5.92 Å². The quantitative estimate of drug-likeness (QED) is 0.572. The Morgan fingerprint density at radius 2 is 2.45 bits per heavy atom. The Morgan fingerprint density at radius 1 is 1.55 bits per heavy atom. The van der Waals surface area contributed by atoms with Crippen LogP contribution in [0.2, 0.25) is 0 Å². The van der Waals surface area contributed by atoms with Gasteiger partial charge in [-0.1, -0.05) is 30.4 Å². The number of fused-ring (bicyclic) bond motifs is 1. The van der Waals surface area contributed by atoms with Crippen molar-refractivity contribution in [1.29, 1.82) is 0 Å². The molecule has 1 aliphatic carbocycles. The topological polar surface area (TPSA) is 0 Å². The molecule has 1 aromatic carbocycles. The van der Waals surface area contributed by atoms with E-state index < -0.39 is 0 Å². The summed E-state index contributed by atoms with van der Waals surface area (Å²) < 4.78 is 12.3. The summed E-state index contributed by atoms with van der Waals surface area (Å²) in [6.07, 6.45) is 3.82. The van der Waals surface area contributed by atoms with Gasteiger partial charge in [0.1, 0.15) is 0 Å². The SMILES string of the molecule is FCC1C=Cc2[c]cccc21. The van der Waals surface area contributed by atoms with Crippen LogP contribution >= 0.6 is 0 Å². The maximum absolute atomic E-state index is 12.3. The van der Waals surface area contributed by atoms with Gasteiger partial charge in [-0.05, 0) is 17.2 Å². The van der Waals surface area contributed by atoms with Gasteiger partial charge in [0.25, 0.3) is 0 Å². The third kappa shape index (κ3) is 0.967. The van der Waals surface area contributed by atoms with E-state index in [0.717, 1.165) is 11.1 Å². The van der Waals surface area contributed by atoms with Gasteiger partial charge in [-0.25, -0.2) is 0 Å². The monoisotopic (exact) mass is 147 g/mol. The molecule has 11 heavy (non-hydrogen) atoms. The molecular formula is C10H8F. The second-order valence-electron chi connectivity index (χ2n) is 2.66. The summed E-state index contributed by atoms with van der Waals surface area (Å²) in [4.78, 5) is 0. The van der Waals surface area contributed by atoms with E-state index in [1.807, 2.05) is 30.4 Å². The van der Waals surface area contributed by atoms with E-state index in [0.29, 0.717) is 0 Å². The van der Waals surface area contributed by atoms with Crippen molar-refractivity contribution in [3.8, 4) is 0 Å². The number of benzene rings is 1. The van der Waals surface area contributed by atoms with Gasteiger partial charge in [0.15, 0.2) is 0 Å². The van der Waals surface area contributed by atoms with Crippen LogP contribution in [-0.2, 0) is 0 Å². The molecule has 0 aromatic heterocycles. The molecule has 1 unspecified atom stereocenters. The van der Waals surface area contributed by atoms with Crippen molar-refractivity contribution in [3.63, 3.8) is 0 Å². The fourth-order valence-electron chi connectivity index (χ4n) is 1.38. The number of allylic oxidation sites excluding steroid dienone is 1. The summed E-state index contributed by atoms with van der Waals surface area (Å²) in [6.45, 7) is -0.304. The molecule has 1 aliphatic rings. The molecule has 1 heteroatoms. The Hall–Kier alpha value is -1.11. The molecule has 2 rings (SSSR count). The zero-order chi connectivity index (χ0) is 7.68. The van der Waals surface area contributed by atoms with Gasteiger partial charge < -0.3 is 0 Å². The Labute approximate surface area is 65.4 Å². The minimum Gasteiger partial charge on any atom is -0.250 e. The van der Waals surface area contributed by atoms with Gasteiger partial charge in [-0.15, -0.1) is 0 Å². The van der Waals surface area contributed by atoms with Gasteiger partial charge in [0.2, 0.25) is 0 Å². The molecule has 0 bridgehead atoms. The van der Waals surface area contributed by atoms with Crippen LogP contribution in [0, 0.1) is 6.07 Å². The summed E-state index contributed by atoms with van der Waals surface area (Å²) in [5.74, 6) is -0.0255. The molecule has 0 fully saturated rings. The molecule has 0 heterocycles. The lowest BCUT2D eigenvalue weighted by Crippen LogP contribution is -1.93. The second kappa shape index (κ2) is 2.50. The van der Waals surface area contributed by atoms with Crippen molar-refractivity contribution in [2.45, 2.75) is 5.92 Å². The van der Waals surface area contributed by atoms with E-state index in [1.54, 1.807) is 0 Å².